The van der Waals surface area contributed by atoms with Crippen LogP contribution in [0.15, 0.2) is 35.1 Å². The van der Waals surface area contributed by atoms with Crippen LogP contribution in [0.25, 0.3) is 4.96 Å². The van der Waals surface area contributed by atoms with Gasteiger partial charge in [-0.25, -0.2) is 4.98 Å². The number of aryl methyl sites for hydroxylation is 1. The number of hydrogen-bond donors (Lipinski definition) is 0. The Morgan fingerprint density at radius 2 is 2.08 bits per heavy atom. The molecule has 0 bridgehead atoms. The van der Waals surface area contributed by atoms with Crippen molar-refractivity contribution >= 4 is 27.1 Å². The maximum atomic E-state index is 12.2. The van der Waals surface area contributed by atoms with Gasteiger partial charge in [0.1, 0.15) is 0 Å². The lowest BCUT2D eigenvalue weighted by molar-refractivity contribution is 0.771. The Morgan fingerprint density at radius 3 is 2.92 bits per heavy atom. The van der Waals surface area contributed by atoms with Crippen molar-refractivity contribution in [3.05, 3.63) is 51.9 Å². The van der Waals surface area contributed by atoms with Crippen molar-refractivity contribution in [3.63, 3.8) is 0 Å². The van der Waals surface area contributed by atoms with E-state index in [2.05, 4.69) is 51.2 Å². The average molecular weight is 341 g/mol. The van der Waals surface area contributed by atoms with Crippen LogP contribution in [0, 0.1) is 0 Å². The maximum absolute atomic E-state index is 12.2. The predicted molar refractivity (Wildman–Crippen MR) is 97.3 cm³/mol. The molecule has 0 aliphatic carbocycles. The Kier molecular flexibility index (Phi) is 3.72. The molecule has 0 fully saturated rings. The predicted octanol–water partition coefficient (Wildman–Crippen LogP) is 2.17. The molecule has 1 aromatic carbocycles. The molecule has 0 unspecified atom stereocenters. The van der Waals surface area contributed by atoms with E-state index in [1.165, 1.54) is 27.1 Å². The summed E-state index contributed by atoms with van der Waals surface area (Å²) in [6.45, 7) is 4.56. The van der Waals surface area contributed by atoms with Crippen molar-refractivity contribution in [1.29, 1.82) is 0 Å². The number of aromatic nitrogens is 3. The van der Waals surface area contributed by atoms with Crippen LogP contribution in [0.4, 0.5) is 10.8 Å². The van der Waals surface area contributed by atoms with E-state index in [1.54, 1.807) is 6.07 Å². The molecule has 6 nitrogen and oxygen atoms in total. The second-order valence-corrected chi connectivity index (χ2v) is 6.92. The van der Waals surface area contributed by atoms with Crippen molar-refractivity contribution in [3.8, 4) is 0 Å². The molecule has 0 saturated carbocycles. The third-order valence-corrected chi connectivity index (χ3v) is 5.36. The number of anilines is 2. The second-order valence-electron chi connectivity index (χ2n) is 5.99. The number of likely N-dealkylation sites (N-methyl/N-ethyl adjacent to an activating group) is 1. The van der Waals surface area contributed by atoms with Gasteiger partial charge in [0.15, 0.2) is 0 Å². The molecule has 1 aliphatic heterocycles. The van der Waals surface area contributed by atoms with Crippen LogP contribution in [0.3, 0.4) is 0 Å². The first kappa shape index (κ1) is 15.1. The molecule has 0 saturated heterocycles. The third-order valence-electron chi connectivity index (χ3n) is 4.39. The molecule has 4 rings (SSSR count). The topological polar surface area (TPSA) is 53.7 Å². The van der Waals surface area contributed by atoms with E-state index in [-0.39, 0.29) is 5.56 Å². The van der Waals surface area contributed by atoms with Crippen LogP contribution >= 0.6 is 11.3 Å². The summed E-state index contributed by atoms with van der Waals surface area (Å²) in [5.74, 6) is 0. The maximum Gasteiger partial charge on any atom is 0.275 e. The van der Waals surface area contributed by atoms with Gasteiger partial charge in [-0.15, -0.1) is 5.10 Å². The minimum atomic E-state index is -0.105. The van der Waals surface area contributed by atoms with E-state index in [0.29, 0.717) is 4.96 Å². The van der Waals surface area contributed by atoms with Crippen LogP contribution < -0.4 is 15.4 Å². The van der Waals surface area contributed by atoms with Gasteiger partial charge in [-0.2, -0.15) is 4.52 Å². The van der Waals surface area contributed by atoms with Gasteiger partial charge in [0.25, 0.3) is 5.56 Å². The van der Waals surface area contributed by atoms with Crippen molar-refractivity contribution in [1.82, 2.24) is 14.6 Å². The molecule has 0 radical (unpaired) electrons. The summed E-state index contributed by atoms with van der Waals surface area (Å²) < 4.78 is 1.42. The fourth-order valence-electron chi connectivity index (χ4n) is 3.01. The van der Waals surface area contributed by atoms with Crippen molar-refractivity contribution in [2.45, 2.75) is 19.9 Å². The first-order chi connectivity index (χ1) is 11.7. The average Bonchev–Trinajstić information content (AvgIpc) is 2.95. The van der Waals surface area contributed by atoms with Gasteiger partial charge in [-0.3, -0.25) is 4.79 Å². The highest BCUT2D eigenvalue weighted by molar-refractivity contribution is 7.20. The number of hydrogen-bond acceptors (Lipinski definition) is 6. The Balaban J connectivity index is 1.75. The normalized spacial score (nSPS) is 14.8. The van der Waals surface area contributed by atoms with Crippen molar-refractivity contribution < 1.29 is 0 Å². The summed E-state index contributed by atoms with van der Waals surface area (Å²) >= 11 is 1.48. The molecule has 0 atom stereocenters. The standard InChI is InChI=1S/C17H19N5OS/c1-3-13-10-15(23)22-16(18-13)24-17(19-22)21-9-8-20(2)14-7-5-4-6-12(14)11-21/h4-7,10H,3,8-9,11H2,1-2H3. The Bertz CT molecular complexity index is 948. The van der Waals surface area contributed by atoms with Crippen LogP contribution in [0.5, 0.6) is 0 Å². The van der Waals surface area contributed by atoms with Gasteiger partial charge in [0.05, 0.1) is 0 Å². The summed E-state index contributed by atoms with van der Waals surface area (Å²) in [6, 6.07) is 10.0. The van der Waals surface area contributed by atoms with Gasteiger partial charge in [-0.1, -0.05) is 36.5 Å². The summed E-state index contributed by atoms with van der Waals surface area (Å²) in [5, 5.41) is 5.36. The molecule has 0 amide bonds. The molecular formula is C17H19N5OS. The van der Waals surface area contributed by atoms with E-state index in [0.717, 1.165) is 36.9 Å². The Hall–Kier alpha value is -2.41. The highest BCUT2D eigenvalue weighted by atomic mass is 32.1. The summed E-state index contributed by atoms with van der Waals surface area (Å²) in [4.78, 5) is 21.9. The quantitative estimate of drug-likeness (QED) is 0.715. The van der Waals surface area contributed by atoms with Crippen LogP contribution in [-0.4, -0.2) is 34.7 Å². The molecule has 1 aliphatic rings. The molecule has 124 valence electrons. The third kappa shape index (κ3) is 2.54. The van der Waals surface area contributed by atoms with Gasteiger partial charge in [0.2, 0.25) is 10.1 Å². The lowest BCUT2D eigenvalue weighted by Crippen LogP contribution is -2.29. The van der Waals surface area contributed by atoms with E-state index in [4.69, 9.17) is 0 Å². The number of para-hydroxylation sites is 1. The zero-order valence-electron chi connectivity index (χ0n) is 13.8. The number of fused-ring (bicyclic) bond motifs is 2. The minimum absolute atomic E-state index is 0.105. The monoisotopic (exact) mass is 341 g/mol. The summed E-state index contributed by atoms with van der Waals surface area (Å²) in [5.41, 5.74) is 3.24. The van der Waals surface area contributed by atoms with E-state index in [9.17, 15) is 4.79 Å². The number of nitrogens with zero attached hydrogens (tertiary/aromatic N) is 5. The first-order valence-corrected chi connectivity index (χ1v) is 8.91. The Labute approximate surface area is 144 Å². The minimum Gasteiger partial charge on any atom is -0.373 e. The molecule has 24 heavy (non-hydrogen) atoms. The van der Waals surface area contributed by atoms with E-state index >= 15 is 0 Å². The molecular weight excluding hydrogens is 322 g/mol. The molecule has 0 spiro atoms. The van der Waals surface area contributed by atoms with Crippen LogP contribution in [0.2, 0.25) is 0 Å². The summed E-state index contributed by atoms with van der Waals surface area (Å²) in [7, 11) is 2.11. The zero-order chi connectivity index (χ0) is 16.7. The van der Waals surface area contributed by atoms with Crippen LogP contribution in [0.1, 0.15) is 18.2 Å². The number of benzene rings is 1. The fraction of sp³-hybridized carbons (Fsp3) is 0.353. The Morgan fingerprint density at radius 1 is 1.25 bits per heavy atom. The van der Waals surface area contributed by atoms with E-state index < -0.39 is 0 Å². The first-order valence-electron chi connectivity index (χ1n) is 8.09. The van der Waals surface area contributed by atoms with Gasteiger partial charge >= 0.3 is 0 Å². The van der Waals surface area contributed by atoms with E-state index in [1.807, 2.05) is 6.92 Å². The lowest BCUT2D eigenvalue weighted by Gasteiger charge is -2.19. The molecule has 3 heterocycles. The highest BCUT2D eigenvalue weighted by Crippen LogP contribution is 2.29. The second kappa shape index (κ2) is 5.90. The van der Waals surface area contributed by atoms with Crippen LogP contribution in [-0.2, 0) is 13.0 Å². The zero-order valence-corrected chi connectivity index (χ0v) is 14.6. The number of rotatable bonds is 2. The van der Waals surface area contributed by atoms with Gasteiger partial charge < -0.3 is 9.80 Å². The van der Waals surface area contributed by atoms with Crippen molar-refractivity contribution in [2.24, 2.45) is 0 Å². The van der Waals surface area contributed by atoms with Crippen molar-refractivity contribution in [2.75, 3.05) is 29.9 Å². The highest BCUT2D eigenvalue weighted by Gasteiger charge is 2.20. The van der Waals surface area contributed by atoms with Gasteiger partial charge in [0, 0.05) is 44.1 Å². The SMILES string of the molecule is CCc1cc(=O)n2nc(N3CCN(C)c4ccccc4C3)sc2n1. The summed E-state index contributed by atoms with van der Waals surface area (Å²) in [6.07, 6.45) is 0.751. The van der Waals surface area contributed by atoms with Gasteiger partial charge in [-0.05, 0) is 18.1 Å². The molecule has 3 aromatic rings. The fourth-order valence-corrected chi connectivity index (χ4v) is 3.96. The molecule has 0 N–H and O–H groups in total. The molecule has 7 heteroatoms. The largest absolute Gasteiger partial charge is 0.373 e. The smallest absolute Gasteiger partial charge is 0.275 e. The lowest BCUT2D eigenvalue weighted by atomic mass is 10.1. The molecule has 2 aromatic heterocycles.